The lowest BCUT2D eigenvalue weighted by Crippen LogP contribution is -2.38. The molecule has 166 valence electrons. The molecule has 3 rings (SSSR count). The molecular weight excluding hydrogens is 399 g/mol. The van der Waals surface area contributed by atoms with Crippen LogP contribution < -0.4 is 0 Å². The number of ether oxygens (including phenoxy) is 1. The topological polar surface area (TPSA) is 9.23 Å². The Balaban J connectivity index is 1.79. The average Bonchev–Trinajstić information content (AvgIpc) is 2.67. The lowest BCUT2D eigenvalue weighted by atomic mass is 9.77. The van der Waals surface area contributed by atoms with E-state index in [-0.39, 0.29) is 18.8 Å². The van der Waals surface area contributed by atoms with Gasteiger partial charge in [-0.15, -0.1) is 13.2 Å². The van der Waals surface area contributed by atoms with E-state index in [1.165, 1.54) is 18.6 Å². The van der Waals surface area contributed by atoms with Gasteiger partial charge >= 0.3 is 6.36 Å². The fourth-order valence-electron chi connectivity index (χ4n) is 4.91. The van der Waals surface area contributed by atoms with Gasteiger partial charge < -0.3 is 0 Å². The second kappa shape index (κ2) is 9.68. The number of rotatable bonds is 4. The molecule has 0 aliphatic heterocycles. The van der Waals surface area contributed by atoms with Crippen molar-refractivity contribution >= 4 is 0 Å². The zero-order valence-corrected chi connectivity index (χ0v) is 17.4. The number of hydrogen-bond donors (Lipinski definition) is 0. The number of alkyl halides is 3. The summed E-state index contributed by atoms with van der Waals surface area (Å²) in [5.41, 5.74) is -1.59. The minimum atomic E-state index is -4.84. The molecule has 0 saturated heterocycles. The first-order chi connectivity index (χ1) is 14.2. The van der Waals surface area contributed by atoms with Gasteiger partial charge in [0.25, 0.3) is 0 Å². The smallest absolute Gasteiger partial charge is 0.272 e. The molecule has 0 spiro atoms. The summed E-state index contributed by atoms with van der Waals surface area (Å²) in [4.78, 5) is 0. The zero-order chi connectivity index (χ0) is 21.8. The molecule has 2 aliphatic carbocycles. The Kier molecular flexibility index (Phi) is 7.44. The Labute approximate surface area is 175 Å². The van der Waals surface area contributed by atoms with Gasteiger partial charge in [0, 0.05) is 0 Å². The van der Waals surface area contributed by atoms with Gasteiger partial charge in [-0.25, -0.2) is 8.78 Å². The summed E-state index contributed by atoms with van der Waals surface area (Å²) in [5, 5.41) is 0. The normalized spacial score (nSPS) is 24.2. The first-order valence-electron chi connectivity index (χ1n) is 11.0. The minimum Gasteiger partial charge on any atom is -0.272 e. The van der Waals surface area contributed by atoms with E-state index in [1.54, 1.807) is 0 Å². The molecule has 0 aromatic heterocycles. The summed E-state index contributed by atoms with van der Waals surface area (Å²) in [5.74, 6) is 3.95. The van der Waals surface area contributed by atoms with Crippen LogP contribution in [0.4, 0.5) is 22.0 Å². The standard InChI is InChI=1S/C24H29F5O/c1-2-6-17-7-9-18(10-8-17)19-15-21(25)20(22(26)16-19)11-14-23(30-24(27,28)29)12-4-3-5-13-23/h15-18H,2-10,12-13H2,1H3. The van der Waals surface area contributed by atoms with Crippen molar-refractivity contribution in [2.75, 3.05) is 0 Å². The highest BCUT2D eigenvalue weighted by molar-refractivity contribution is 5.41. The van der Waals surface area contributed by atoms with Gasteiger partial charge in [-0.3, -0.25) is 4.74 Å². The van der Waals surface area contributed by atoms with Crippen LogP contribution in [0.2, 0.25) is 0 Å². The Morgan fingerprint density at radius 1 is 1.00 bits per heavy atom. The zero-order valence-electron chi connectivity index (χ0n) is 17.4. The van der Waals surface area contributed by atoms with Crippen LogP contribution in [0.25, 0.3) is 0 Å². The average molecular weight is 428 g/mol. The SMILES string of the molecule is CCCC1CCC(c2cc(F)c(C#CC3(OC(F)(F)F)CCCCC3)c(F)c2)CC1. The van der Waals surface area contributed by atoms with Gasteiger partial charge in [0.2, 0.25) is 0 Å². The number of hydrogen-bond acceptors (Lipinski definition) is 1. The van der Waals surface area contributed by atoms with E-state index in [4.69, 9.17) is 0 Å². The molecule has 0 amide bonds. The fraction of sp³-hybridized carbons (Fsp3) is 0.667. The lowest BCUT2D eigenvalue weighted by Gasteiger charge is -2.32. The highest BCUT2D eigenvalue weighted by atomic mass is 19.4. The maximum absolute atomic E-state index is 14.7. The van der Waals surface area contributed by atoms with Crippen LogP contribution in [-0.2, 0) is 4.74 Å². The highest BCUT2D eigenvalue weighted by Crippen LogP contribution is 2.39. The van der Waals surface area contributed by atoms with Crippen LogP contribution in [0, 0.1) is 29.4 Å². The molecule has 6 heteroatoms. The van der Waals surface area contributed by atoms with Crippen molar-refractivity contribution in [2.45, 2.75) is 95.4 Å². The summed E-state index contributed by atoms with van der Waals surface area (Å²) in [6, 6.07) is 2.60. The highest BCUT2D eigenvalue weighted by Gasteiger charge is 2.43. The summed E-state index contributed by atoms with van der Waals surface area (Å²) in [6.45, 7) is 2.16. The third kappa shape index (κ3) is 5.97. The minimum absolute atomic E-state index is 0.0990. The van der Waals surface area contributed by atoms with Gasteiger partial charge in [0.05, 0.1) is 5.56 Å². The second-order valence-electron chi connectivity index (χ2n) is 8.72. The molecule has 1 aromatic carbocycles. The van der Waals surface area contributed by atoms with Crippen molar-refractivity contribution in [1.82, 2.24) is 0 Å². The van der Waals surface area contributed by atoms with Crippen molar-refractivity contribution in [1.29, 1.82) is 0 Å². The van der Waals surface area contributed by atoms with E-state index in [0.717, 1.165) is 38.5 Å². The molecule has 30 heavy (non-hydrogen) atoms. The predicted octanol–water partition coefficient (Wildman–Crippen LogP) is 7.63. The molecule has 0 N–H and O–H groups in total. The molecule has 0 bridgehead atoms. The van der Waals surface area contributed by atoms with Crippen molar-refractivity contribution in [2.24, 2.45) is 5.92 Å². The van der Waals surface area contributed by atoms with Crippen molar-refractivity contribution in [3.8, 4) is 11.8 Å². The first-order valence-corrected chi connectivity index (χ1v) is 11.0. The largest absolute Gasteiger partial charge is 0.523 e. The maximum Gasteiger partial charge on any atom is 0.523 e. The van der Waals surface area contributed by atoms with Crippen LogP contribution in [0.3, 0.4) is 0 Å². The maximum atomic E-state index is 14.7. The summed E-state index contributed by atoms with van der Waals surface area (Å²) >= 11 is 0. The van der Waals surface area contributed by atoms with E-state index in [0.29, 0.717) is 24.3 Å². The molecule has 1 aromatic rings. The van der Waals surface area contributed by atoms with Gasteiger partial charge in [0.1, 0.15) is 17.2 Å². The monoisotopic (exact) mass is 428 g/mol. The van der Waals surface area contributed by atoms with Crippen LogP contribution in [-0.4, -0.2) is 12.0 Å². The van der Waals surface area contributed by atoms with E-state index in [2.05, 4.69) is 23.5 Å². The van der Waals surface area contributed by atoms with Crippen LogP contribution in [0.15, 0.2) is 12.1 Å². The summed E-state index contributed by atoms with van der Waals surface area (Å²) < 4.78 is 72.2. The summed E-state index contributed by atoms with van der Waals surface area (Å²) in [6.07, 6.45) is 3.47. The Bertz CT molecular complexity index is 752. The van der Waals surface area contributed by atoms with Gasteiger partial charge in [-0.2, -0.15) is 0 Å². The number of halogens is 5. The van der Waals surface area contributed by atoms with E-state index >= 15 is 0 Å². The third-order valence-corrected chi connectivity index (χ3v) is 6.47. The van der Waals surface area contributed by atoms with Crippen LogP contribution in [0.5, 0.6) is 0 Å². The molecule has 0 radical (unpaired) electrons. The van der Waals surface area contributed by atoms with Gasteiger partial charge in [0.15, 0.2) is 0 Å². The number of benzene rings is 1. The van der Waals surface area contributed by atoms with E-state index < -0.39 is 29.2 Å². The Morgan fingerprint density at radius 3 is 2.13 bits per heavy atom. The molecule has 0 heterocycles. The summed E-state index contributed by atoms with van der Waals surface area (Å²) in [7, 11) is 0. The third-order valence-electron chi connectivity index (χ3n) is 6.47. The fourth-order valence-corrected chi connectivity index (χ4v) is 4.91. The Hall–Kier alpha value is -1.61. The van der Waals surface area contributed by atoms with Crippen molar-refractivity contribution in [3.05, 3.63) is 34.9 Å². The molecule has 2 fully saturated rings. The molecule has 2 saturated carbocycles. The Morgan fingerprint density at radius 2 is 1.60 bits per heavy atom. The first kappa shape index (κ1) is 23.1. The molecule has 2 aliphatic rings. The van der Waals surface area contributed by atoms with Gasteiger partial charge in [-0.05, 0) is 80.9 Å². The molecular formula is C24H29F5O. The lowest BCUT2D eigenvalue weighted by molar-refractivity contribution is -0.359. The van der Waals surface area contributed by atoms with E-state index in [1.807, 2.05) is 0 Å². The quantitative estimate of drug-likeness (QED) is 0.354. The predicted molar refractivity (Wildman–Crippen MR) is 106 cm³/mol. The molecule has 0 unspecified atom stereocenters. The van der Waals surface area contributed by atoms with Crippen molar-refractivity contribution < 1.29 is 26.7 Å². The van der Waals surface area contributed by atoms with Crippen LogP contribution in [0.1, 0.15) is 94.6 Å². The molecule has 0 atom stereocenters. The molecule has 1 nitrogen and oxygen atoms in total. The van der Waals surface area contributed by atoms with E-state index in [9.17, 15) is 22.0 Å². The van der Waals surface area contributed by atoms with Crippen molar-refractivity contribution in [3.63, 3.8) is 0 Å². The van der Waals surface area contributed by atoms with Crippen LogP contribution >= 0.6 is 0 Å². The van der Waals surface area contributed by atoms with Gasteiger partial charge in [-0.1, -0.05) is 38.0 Å². The second-order valence-corrected chi connectivity index (χ2v) is 8.72.